The lowest BCUT2D eigenvalue weighted by atomic mass is 9.95. The maximum atomic E-state index is 13.5. The molecule has 1 heterocycles. The first-order chi connectivity index (χ1) is 15.5. The zero-order valence-corrected chi connectivity index (χ0v) is 17.5. The lowest BCUT2D eigenvalue weighted by Crippen LogP contribution is -2.10. The second-order valence-corrected chi connectivity index (χ2v) is 7.85. The third kappa shape index (κ3) is 3.36. The standard InChI is InChI=1S/C26H21N3O3/c1-32-20-11-7-16(8-12-20)24-23-25(29-28-24)21-4-2-3-17(22(21)26(23)31)14-19(30)13-15-5-9-18(27)10-6-15/h2-12H,13-14,27H2,1H3,(H,28,29). The molecule has 0 aliphatic heterocycles. The Morgan fingerprint density at radius 3 is 2.44 bits per heavy atom. The van der Waals surface area contributed by atoms with Crippen molar-refractivity contribution in [2.75, 3.05) is 12.8 Å². The van der Waals surface area contributed by atoms with Crippen LogP contribution in [0.25, 0.3) is 22.5 Å². The molecule has 3 aromatic carbocycles. The van der Waals surface area contributed by atoms with Crippen LogP contribution in [0.15, 0.2) is 66.7 Å². The summed E-state index contributed by atoms with van der Waals surface area (Å²) in [5.74, 6) is 0.669. The molecule has 32 heavy (non-hydrogen) atoms. The summed E-state index contributed by atoms with van der Waals surface area (Å²) in [4.78, 5) is 26.2. The number of nitrogens with zero attached hydrogens (tertiary/aromatic N) is 1. The quantitative estimate of drug-likeness (QED) is 0.398. The minimum Gasteiger partial charge on any atom is -0.497 e. The maximum Gasteiger partial charge on any atom is 0.198 e. The van der Waals surface area contributed by atoms with Crippen molar-refractivity contribution in [2.45, 2.75) is 12.8 Å². The van der Waals surface area contributed by atoms with Gasteiger partial charge in [0.1, 0.15) is 17.2 Å². The largest absolute Gasteiger partial charge is 0.497 e. The fourth-order valence-electron chi connectivity index (χ4n) is 4.20. The van der Waals surface area contributed by atoms with E-state index < -0.39 is 0 Å². The molecule has 1 aliphatic rings. The second kappa shape index (κ2) is 7.81. The van der Waals surface area contributed by atoms with Crippen LogP contribution in [0.4, 0.5) is 5.69 Å². The van der Waals surface area contributed by atoms with Crippen molar-refractivity contribution in [3.05, 3.63) is 89.0 Å². The van der Waals surface area contributed by atoms with Gasteiger partial charge in [-0.25, -0.2) is 0 Å². The van der Waals surface area contributed by atoms with Crippen molar-refractivity contribution in [3.8, 4) is 28.3 Å². The van der Waals surface area contributed by atoms with Crippen LogP contribution in [0, 0.1) is 0 Å². The maximum absolute atomic E-state index is 13.5. The van der Waals surface area contributed by atoms with Gasteiger partial charge in [-0.15, -0.1) is 0 Å². The molecule has 158 valence electrons. The number of carbonyl (C=O) groups is 2. The highest BCUT2D eigenvalue weighted by molar-refractivity contribution is 6.24. The summed E-state index contributed by atoms with van der Waals surface area (Å²) in [6, 6.07) is 20.3. The number of Topliss-reactive ketones (excluding diaryl/α,β-unsaturated/α-hetero) is 1. The molecule has 0 saturated carbocycles. The molecule has 1 aromatic heterocycles. The van der Waals surface area contributed by atoms with E-state index in [0.717, 1.165) is 28.0 Å². The normalized spacial score (nSPS) is 11.8. The Kier molecular flexibility index (Phi) is 4.82. The Morgan fingerprint density at radius 2 is 1.72 bits per heavy atom. The van der Waals surface area contributed by atoms with E-state index in [2.05, 4.69) is 10.2 Å². The van der Waals surface area contributed by atoms with Gasteiger partial charge in [0.25, 0.3) is 0 Å². The van der Waals surface area contributed by atoms with Crippen LogP contribution in [0.3, 0.4) is 0 Å². The molecule has 4 aromatic rings. The van der Waals surface area contributed by atoms with Crippen LogP contribution < -0.4 is 10.5 Å². The Bertz CT molecular complexity index is 1340. The van der Waals surface area contributed by atoms with Crippen molar-refractivity contribution in [1.29, 1.82) is 0 Å². The number of rotatable bonds is 6. The van der Waals surface area contributed by atoms with E-state index in [1.807, 2.05) is 54.6 Å². The summed E-state index contributed by atoms with van der Waals surface area (Å²) in [7, 11) is 1.61. The Hall–Kier alpha value is -4.19. The van der Waals surface area contributed by atoms with Crippen molar-refractivity contribution in [1.82, 2.24) is 10.2 Å². The van der Waals surface area contributed by atoms with Crippen LogP contribution in [0.1, 0.15) is 27.0 Å². The van der Waals surface area contributed by atoms with Crippen molar-refractivity contribution in [3.63, 3.8) is 0 Å². The number of aromatic nitrogens is 2. The van der Waals surface area contributed by atoms with Gasteiger partial charge >= 0.3 is 0 Å². The summed E-state index contributed by atoms with van der Waals surface area (Å²) >= 11 is 0. The number of nitrogen functional groups attached to an aromatic ring is 1. The molecule has 0 unspecified atom stereocenters. The number of fused-ring (bicyclic) bond motifs is 3. The SMILES string of the molecule is COc1ccc(-c2n[nH]c3c2C(=O)c2c(CC(=O)Cc4ccc(N)cc4)cccc2-3)cc1. The molecule has 0 saturated heterocycles. The summed E-state index contributed by atoms with van der Waals surface area (Å²) in [5, 5.41) is 7.43. The zero-order chi connectivity index (χ0) is 22.2. The van der Waals surface area contributed by atoms with E-state index in [4.69, 9.17) is 10.5 Å². The first kappa shape index (κ1) is 19.8. The van der Waals surface area contributed by atoms with E-state index in [9.17, 15) is 9.59 Å². The highest BCUT2D eigenvalue weighted by atomic mass is 16.5. The number of carbonyl (C=O) groups excluding carboxylic acids is 2. The van der Waals surface area contributed by atoms with Crippen molar-refractivity contribution < 1.29 is 14.3 Å². The van der Waals surface area contributed by atoms with E-state index in [-0.39, 0.29) is 18.0 Å². The van der Waals surface area contributed by atoms with Crippen LogP contribution in [-0.2, 0) is 17.6 Å². The molecule has 5 rings (SSSR count). The third-order valence-electron chi connectivity index (χ3n) is 5.77. The molecule has 0 amide bonds. The number of hydrogen-bond donors (Lipinski definition) is 2. The average molecular weight is 423 g/mol. The summed E-state index contributed by atoms with van der Waals surface area (Å²) in [5.41, 5.74) is 12.1. The first-order valence-corrected chi connectivity index (χ1v) is 10.3. The number of aromatic amines is 1. The number of anilines is 1. The number of methoxy groups -OCH3 is 1. The number of H-pyrrole nitrogens is 1. The van der Waals surface area contributed by atoms with Gasteiger partial charge < -0.3 is 10.5 Å². The summed E-state index contributed by atoms with van der Waals surface area (Å²) < 4.78 is 5.22. The van der Waals surface area contributed by atoms with Crippen LogP contribution in [0.2, 0.25) is 0 Å². The number of nitrogens with one attached hydrogen (secondary N) is 1. The highest BCUT2D eigenvalue weighted by Gasteiger charge is 2.34. The van der Waals surface area contributed by atoms with Gasteiger partial charge in [-0.3, -0.25) is 14.7 Å². The number of benzene rings is 3. The molecular formula is C26H21N3O3. The van der Waals surface area contributed by atoms with E-state index >= 15 is 0 Å². The number of nitrogens with two attached hydrogens (primary N) is 1. The topological polar surface area (TPSA) is 98.1 Å². The Morgan fingerprint density at radius 1 is 0.969 bits per heavy atom. The molecule has 0 atom stereocenters. The van der Waals surface area contributed by atoms with Crippen molar-refractivity contribution >= 4 is 17.3 Å². The molecule has 0 fully saturated rings. The van der Waals surface area contributed by atoms with Gasteiger partial charge in [-0.1, -0.05) is 30.3 Å². The molecule has 6 heteroatoms. The molecule has 0 bridgehead atoms. The minimum absolute atomic E-state index is 0.0417. The predicted octanol–water partition coefficient (Wildman–Crippen LogP) is 4.23. The van der Waals surface area contributed by atoms with Crippen molar-refractivity contribution in [2.24, 2.45) is 0 Å². The molecule has 1 aliphatic carbocycles. The molecule has 0 radical (unpaired) electrons. The van der Waals surface area contributed by atoms with Gasteiger partial charge in [-0.05, 0) is 47.5 Å². The van der Waals surface area contributed by atoms with E-state index in [1.54, 1.807) is 19.2 Å². The molecular weight excluding hydrogens is 402 g/mol. The Balaban J connectivity index is 1.45. The van der Waals surface area contributed by atoms with Gasteiger partial charge in [0.2, 0.25) is 0 Å². The molecule has 0 spiro atoms. The summed E-state index contributed by atoms with van der Waals surface area (Å²) in [6.45, 7) is 0. The van der Waals surface area contributed by atoms with E-state index in [1.165, 1.54) is 0 Å². The lowest BCUT2D eigenvalue weighted by Gasteiger charge is -2.08. The predicted molar refractivity (Wildman–Crippen MR) is 123 cm³/mol. The van der Waals surface area contributed by atoms with Gasteiger partial charge in [0.05, 0.1) is 18.4 Å². The minimum atomic E-state index is -0.106. The Labute approximate surface area is 185 Å². The second-order valence-electron chi connectivity index (χ2n) is 7.85. The monoisotopic (exact) mass is 423 g/mol. The average Bonchev–Trinajstić information content (AvgIpc) is 3.36. The first-order valence-electron chi connectivity index (χ1n) is 10.3. The van der Waals surface area contributed by atoms with E-state index in [0.29, 0.717) is 34.6 Å². The fraction of sp³-hybridized carbons (Fsp3) is 0.115. The number of ketones is 2. The van der Waals surface area contributed by atoms with Crippen LogP contribution in [-0.4, -0.2) is 28.9 Å². The van der Waals surface area contributed by atoms with Gasteiger partial charge in [0.15, 0.2) is 5.78 Å². The highest BCUT2D eigenvalue weighted by Crippen LogP contribution is 2.41. The number of hydrogen-bond acceptors (Lipinski definition) is 5. The molecule has 3 N–H and O–H groups in total. The van der Waals surface area contributed by atoms with Gasteiger partial charge in [0, 0.05) is 35.2 Å². The third-order valence-corrected chi connectivity index (χ3v) is 5.77. The van der Waals surface area contributed by atoms with Gasteiger partial charge in [-0.2, -0.15) is 5.10 Å². The van der Waals surface area contributed by atoms with Crippen LogP contribution >= 0.6 is 0 Å². The van der Waals surface area contributed by atoms with Crippen LogP contribution in [0.5, 0.6) is 5.75 Å². The summed E-state index contributed by atoms with van der Waals surface area (Å²) in [6.07, 6.45) is 0.483. The zero-order valence-electron chi connectivity index (χ0n) is 17.5. The number of ether oxygens (including phenoxy) is 1. The smallest absolute Gasteiger partial charge is 0.198 e. The fourth-order valence-corrected chi connectivity index (χ4v) is 4.20. The molecule has 6 nitrogen and oxygen atoms in total. The lowest BCUT2D eigenvalue weighted by molar-refractivity contribution is -0.117.